The van der Waals surface area contributed by atoms with Crippen LogP contribution >= 0.6 is 0 Å². The van der Waals surface area contributed by atoms with Crippen LogP contribution in [-0.4, -0.2) is 16.2 Å². The van der Waals surface area contributed by atoms with E-state index in [1.807, 2.05) is 13.8 Å². The van der Waals surface area contributed by atoms with E-state index in [0.717, 1.165) is 5.57 Å². The molecule has 0 saturated heterocycles. The highest BCUT2D eigenvalue weighted by atomic mass is 16.5. The zero-order valence-electron chi connectivity index (χ0n) is 10.6. The van der Waals surface area contributed by atoms with Crippen molar-refractivity contribution < 1.29 is 19.7 Å². The summed E-state index contributed by atoms with van der Waals surface area (Å²) in [6, 6.07) is 4.28. The molecular formula is C14H16O4. The number of hydrogen-bond donors (Lipinski definition) is 2. The molecule has 0 aliphatic heterocycles. The molecule has 18 heavy (non-hydrogen) atoms. The van der Waals surface area contributed by atoms with E-state index in [1.54, 1.807) is 13.0 Å². The fraction of sp³-hybridized carbons (Fsp3) is 0.214. The van der Waals surface area contributed by atoms with E-state index in [1.165, 1.54) is 24.3 Å². The molecule has 0 spiro atoms. The number of rotatable bonds is 3. The number of phenols is 2. The van der Waals surface area contributed by atoms with Crippen LogP contribution in [-0.2, 0) is 9.53 Å². The second kappa shape index (κ2) is 5.91. The summed E-state index contributed by atoms with van der Waals surface area (Å²) in [7, 11) is 0. The Hall–Kier alpha value is -2.23. The molecule has 0 fully saturated rings. The third-order valence-corrected chi connectivity index (χ3v) is 2.37. The summed E-state index contributed by atoms with van der Waals surface area (Å²) in [6.07, 6.45) is 2.76. The fourth-order valence-corrected chi connectivity index (χ4v) is 1.10. The van der Waals surface area contributed by atoms with Crippen molar-refractivity contribution >= 4 is 12.0 Å². The van der Waals surface area contributed by atoms with Crippen LogP contribution < -0.4 is 0 Å². The van der Waals surface area contributed by atoms with Crippen LogP contribution in [0.2, 0.25) is 0 Å². The van der Waals surface area contributed by atoms with Gasteiger partial charge in [-0.3, -0.25) is 0 Å². The van der Waals surface area contributed by atoms with Crippen LogP contribution in [0.4, 0.5) is 0 Å². The average Bonchev–Trinajstić information content (AvgIpc) is 2.30. The quantitative estimate of drug-likeness (QED) is 0.373. The van der Waals surface area contributed by atoms with Gasteiger partial charge in [-0.2, -0.15) is 0 Å². The van der Waals surface area contributed by atoms with Gasteiger partial charge in [-0.05, 0) is 50.1 Å². The van der Waals surface area contributed by atoms with Gasteiger partial charge in [-0.15, -0.1) is 0 Å². The van der Waals surface area contributed by atoms with E-state index < -0.39 is 5.97 Å². The summed E-state index contributed by atoms with van der Waals surface area (Å²) in [6.45, 7) is 5.42. The van der Waals surface area contributed by atoms with Crippen molar-refractivity contribution in [1.82, 2.24) is 0 Å². The van der Waals surface area contributed by atoms with Crippen LogP contribution in [0.25, 0.3) is 6.08 Å². The fourth-order valence-electron chi connectivity index (χ4n) is 1.10. The summed E-state index contributed by atoms with van der Waals surface area (Å²) in [5.41, 5.74) is 1.52. The molecule has 4 heteroatoms. The first kappa shape index (κ1) is 13.8. The lowest BCUT2D eigenvalue weighted by atomic mass is 10.2. The first-order valence-electron chi connectivity index (χ1n) is 5.46. The van der Waals surface area contributed by atoms with Gasteiger partial charge in [0.25, 0.3) is 0 Å². The lowest BCUT2D eigenvalue weighted by Crippen LogP contribution is -1.99. The molecule has 0 bridgehead atoms. The largest absolute Gasteiger partial charge is 0.504 e. The minimum absolute atomic E-state index is 0.199. The highest BCUT2D eigenvalue weighted by molar-refractivity contribution is 5.87. The molecule has 0 saturated carbocycles. The number of benzene rings is 1. The Balaban J connectivity index is 2.72. The number of allylic oxidation sites excluding steroid dienone is 2. The van der Waals surface area contributed by atoms with Gasteiger partial charge in [0, 0.05) is 6.08 Å². The SMILES string of the molecule is CC(C)=C(C)OC(=O)/C=C/c1ccc(O)c(O)c1. The number of phenolic OH excluding ortho intramolecular Hbond substituents is 2. The van der Waals surface area contributed by atoms with E-state index in [2.05, 4.69) is 0 Å². The molecule has 0 aliphatic carbocycles. The molecule has 1 aromatic rings. The zero-order valence-corrected chi connectivity index (χ0v) is 10.6. The van der Waals surface area contributed by atoms with Gasteiger partial charge in [0.15, 0.2) is 11.5 Å². The molecule has 4 nitrogen and oxygen atoms in total. The Kier molecular flexibility index (Phi) is 4.54. The molecule has 96 valence electrons. The summed E-state index contributed by atoms with van der Waals surface area (Å²) < 4.78 is 5.03. The molecule has 0 aromatic heterocycles. The highest BCUT2D eigenvalue weighted by Gasteiger charge is 2.01. The molecule has 1 aromatic carbocycles. The molecule has 0 heterocycles. The molecule has 2 N–H and O–H groups in total. The molecule has 0 aliphatic rings. The lowest BCUT2D eigenvalue weighted by Gasteiger charge is -2.03. The summed E-state index contributed by atoms with van der Waals surface area (Å²) in [5.74, 6) is -0.347. The normalized spacial score (nSPS) is 10.4. The standard InChI is InChI=1S/C14H16O4/c1-9(2)10(3)18-14(17)7-5-11-4-6-12(15)13(16)8-11/h4-8,15-16H,1-3H3/b7-5+. The van der Waals surface area contributed by atoms with Crippen molar-refractivity contribution in [2.24, 2.45) is 0 Å². The van der Waals surface area contributed by atoms with Gasteiger partial charge >= 0.3 is 5.97 Å². The minimum Gasteiger partial charge on any atom is -0.504 e. The second-order valence-electron chi connectivity index (χ2n) is 4.06. The third-order valence-electron chi connectivity index (χ3n) is 2.37. The van der Waals surface area contributed by atoms with E-state index >= 15 is 0 Å². The maximum Gasteiger partial charge on any atom is 0.335 e. The first-order chi connectivity index (χ1) is 8.40. The van der Waals surface area contributed by atoms with Crippen LogP contribution in [0, 0.1) is 0 Å². The van der Waals surface area contributed by atoms with Crippen molar-refractivity contribution in [1.29, 1.82) is 0 Å². The van der Waals surface area contributed by atoms with Gasteiger partial charge in [-0.1, -0.05) is 6.07 Å². The first-order valence-corrected chi connectivity index (χ1v) is 5.46. The molecule has 1 rings (SSSR count). The van der Waals surface area contributed by atoms with Gasteiger partial charge in [0.05, 0.1) is 0 Å². The highest BCUT2D eigenvalue weighted by Crippen LogP contribution is 2.25. The Morgan fingerprint density at radius 3 is 2.39 bits per heavy atom. The van der Waals surface area contributed by atoms with Crippen molar-refractivity contribution in [2.45, 2.75) is 20.8 Å². The average molecular weight is 248 g/mol. The predicted molar refractivity (Wildman–Crippen MR) is 68.9 cm³/mol. The maximum atomic E-state index is 11.4. The lowest BCUT2D eigenvalue weighted by molar-refractivity contribution is -0.133. The number of carbonyl (C=O) groups is 1. The summed E-state index contributed by atoms with van der Waals surface area (Å²) in [4.78, 5) is 11.4. The molecule has 0 radical (unpaired) electrons. The van der Waals surface area contributed by atoms with Crippen LogP contribution in [0.15, 0.2) is 35.6 Å². The van der Waals surface area contributed by atoms with Crippen LogP contribution in [0.5, 0.6) is 11.5 Å². The van der Waals surface area contributed by atoms with Crippen molar-refractivity contribution in [3.05, 3.63) is 41.2 Å². The predicted octanol–water partition coefficient (Wildman–Crippen LogP) is 2.97. The molecular weight excluding hydrogens is 232 g/mol. The smallest absolute Gasteiger partial charge is 0.335 e. The van der Waals surface area contributed by atoms with Gasteiger partial charge in [-0.25, -0.2) is 4.79 Å². The molecule has 0 amide bonds. The Morgan fingerprint density at radius 1 is 1.17 bits per heavy atom. The van der Waals surface area contributed by atoms with E-state index in [-0.39, 0.29) is 11.5 Å². The monoisotopic (exact) mass is 248 g/mol. The number of ether oxygens (including phenoxy) is 1. The Morgan fingerprint density at radius 2 is 1.83 bits per heavy atom. The second-order valence-corrected chi connectivity index (χ2v) is 4.06. The maximum absolute atomic E-state index is 11.4. The zero-order chi connectivity index (χ0) is 13.7. The minimum atomic E-state index is -0.485. The van der Waals surface area contributed by atoms with E-state index in [0.29, 0.717) is 11.3 Å². The third kappa shape index (κ3) is 3.97. The number of aromatic hydroxyl groups is 2. The number of esters is 1. The van der Waals surface area contributed by atoms with Crippen molar-refractivity contribution in [3.8, 4) is 11.5 Å². The van der Waals surface area contributed by atoms with Crippen molar-refractivity contribution in [3.63, 3.8) is 0 Å². The van der Waals surface area contributed by atoms with Crippen molar-refractivity contribution in [2.75, 3.05) is 0 Å². The van der Waals surface area contributed by atoms with Gasteiger partial charge < -0.3 is 14.9 Å². The van der Waals surface area contributed by atoms with E-state index in [9.17, 15) is 9.90 Å². The Labute approximate surface area is 106 Å². The Bertz CT molecular complexity index is 509. The van der Waals surface area contributed by atoms with Crippen LogP contribution in [0.3, 0.4) is 0 Å². The summed E-state index contributed by atoms with van der Waals surface area (Å²) >= 11 is 0. The number of hydrogen-bond acceptors (Lipinski definition) is 4. The van der Waals surface area contributed by atoms with Gasteiger partial charge in [0.1, 0.15) is 5.76 Å². The number of carbonyl (C=O) groups excluding carboxylic acids is 1. The molecule has 0 unspecified atom stereocenters. The van der Waals surface area contributed by atoms with Crippen LogP contribution in [0.1, 0.15) is 26.3 Å². The topological polar surface area (TPSA) is 66.8 Å². The van der Waals surface area contributed by atoms with E-state index in [4.69, 9.17) is 9.84 Å². The van der Waals surface area contributed by atoms with Gasteiger partial charge in [0.2, 0.25) is 0 Å². The summed E-state index contributed by atoms with van der Waals surface area (Å²) in [5, 5.41) is 18.4. The molecule has 0 atom stereocenters.